The van der Waals surface area contributed by atoms with Gasteiger partial charge in [-0.25, -0.2) is 10.9 Å². The third-order valence-corrected chi connectivity index (χ3v) is 2.56. The molecule has 4 N–H and O–H groups in total. The van der Waals surface area contributed by atoms with Gasteiger partial charge in [-0.3, -0.25) is 10.9 Å². The molecular weight excluding hydrogens is 280 g/mol. The normalized spacial score (nSPS) is 11.4. The van der Waals surface area contributed by atoms with Crippen LogP contribution in [0, 0.1) is 0 Å². The van der Waals surface area contributed by atoms with Crippen LogP contribution in [0.15, 0.2) is 36.8 Å². The van der Waals surface area contributed by atoms with Gasteiger partial charge in [0.15, 0.2) is 13.5 Å². The summed E-state index contributed by atoms with van der Waals surface area (Å²) in [7, 11) is 0. The Bertz CT molecular complexity index is 391. The first-order valence-corrected chi connectivity index (χ1v) is 7.44. The van der Waals surface area contributed by atoms with Crippen LogP contribution in [-0.2, 0) is 9.47 Å². The average Bonchev–Trinajstić information content (AvgIpc) is 2.55. The summed E-state index contributed by atoms with van der Waals surface area (Å²) in [5.41, 5.74) is 13.9. The summed E-state index contributed by atoms with van der Waals surface area (Å²) < 4.78 is 10.6. The topological polar surface area (TPSA) is 66.6 Å². The Labute approximate surface area is 132 Å². The number of nitrogens with one attached hydrogen (secondary N) is 4. The predicted molar refractivity (Wildman–Crippen MR) is 90.0 cm³/mol. The van der Waals surface area contributed by atoms with Crippen LogP contribution in [0.4, 0.5) is 0 Å². The van der Waals surface area contributed by atoms with E-state index in [0.717, 1.165) is 24.2 Å². The van der Waals surface area contributed by atoms with Gasteiger partial charge in [0.1, 0.15) is 0 Å². The molecule has 122 valence electrons. The van der Waals surface area contributed by atoms with E-state index in [1.807, 2.05) is 50.3 Å². The second kappa shape index (κ2) is 12.8. The number of hydrogen-bond donors (Lipinski definition) is 4. The quantitative estimate of drug-likeness (QED) is 0.204. The molecule has 0 aliphatic rings. The molecule has 0 spiro atoms. The summed E-state index contributed by atoms with van der Waals surface area (Å²) in [5.74, 6) is 0. The Morgan fingerprint density at radius 2 is 1.14 bits per heavy atom. The summed E-state index contributed by atoms with van der Waals surface area (Å²) in [4.78, 5) is 0. The van der Waals surface area contributed by atoms with E-state index in [2.05, 4.69) is 21.7 Å². The SMILES string of the molecule is CCNNCOC=Cc1ccc(C=COCNNCC)cc1. The van der Waals surface area contributed by atoms with Crippen LogP contribution in [0.25, 0.3) is 12.2 Å². The molecule has 0 radical (unpaired) electrons. The molecule has 1 rings (SSSR count). The van der Waals surface area contributed by atoms with Crippen LogP contribution in [0.5, 0.6) is 0 Å². The van der Waals surface area contributed by atoms with Crippen LogP contribution >= 0.6 is 0 Å². The summed E-state index contributed by atoms with van der Waals surface area (Å²) >= 11 is 0. The Morgan fingerprint density at radius 3 is 1.50 bits per heavy atom. The highest BCUT2D eigenvalue weighted by molar-refractivity contribution is 5.54. The molecule has 0 amide bonds. The first kappa shape index (κ1) is 18.2. The zero-order valence-corrected chi connectivity index (χ0v) is 13.3. The molecule has 6 nitrogen and oxygen atoms in total. The summed E-state index contributed by atoms with van der Waals surface area (Å²) in [6.07, 6.45) is 7.17. The molecule has 0 aliphatic carbocycles. The van der Waals surface area contributed by atoms with Crippen LogP contribution in [0.1, 0.15) is 25.0 Å². The Hall–Kier alpha value is -1.86. The molecule has 1 aromatic carbocycles. The minimum atomic E-state index is 0.434. The maximum atomic E-state index is 5.28. The Balaban J connectivity index is 2.24. The van der Waals surface area contributed by atoms with Gasteiger partial charge < -0.3 is 9.47 Å². The van der Waals surface area contributed by atoms with Crippen LogP contribution in [0.2, 0.25) is 0 Å². The fraction of sp³-hybridized carbons (Fsp3) is 0.375. The summed E-state index contributed by atoms with van der Waals surface area (Å²) in [5, 5.41) is 0. The molecule has 0 atom stereocenters. The molecule has 1 aromatic rings. The van der Waals surface area contributed by atoms with E-state index in [9.17, 15) is 0 Å². The Morgan fingerprint density at radius 1 is 0.727 bits per heavy atom. The van der Waals surface area contributed by atoms with Crippen LogP contribution in [0.3, 0.4) is 0 Å². The maximum absolute atomic E-state index is 5.28. The second-order valence-electron chi connectivity index (χ2n) is 4.31. The van der Waals surface area contributed by atoms with Gasteiger partial charge in [0.05, 0.1) is 12.5 Å². The van der Waals surface area contributed by atoms with Gasteiger partial charge in [0.25, 0.3) is 0 Å². The molecule has 22 heavy (non-hydrogen) atoms. The third kappa shape index (κ3) is 9.15. The summed E-state index contributed by atoms with van der Waals surface area (Å²) in [6.45, 7) is 6.62. The van der Waals surface area contributed by atoms with Gasteiger partial charge in [-0.2, -0.15) is 0 Å². The standard InChI is InChI=1S/C16H26N4O2/c1-3-17-19-13-21-11-9-15-5-7-16(8-6-15)10-12-22-14-20-18-4-2/h5-12,17-20H,3-4,13-14H2,1-2H3. The van der Waals surface area contributed by atoms with Crippen molar-refractivity contribution in [3.63, 3.8) is 0 Å². The lowest BCUT2D eigenvalue weighted by Gasteiger charge is -2.03. The van der Waals surface area contributed by atoms with Crippen molar-refractivity contribution < 1.29 is 9.47 Å². The molecule has 0 saturated heterocycles. The van der Waals surface area contributed by atoms with Crippen molar-refractivity contribution in [2.24, 2.45) is 0 Å². The van der Waals surface area contributed by atoms with Crippen molar-refractivity contribution >= 4 is 12.2 Å². The smallest absolute Gasteiger partial charge is 0.150 e. The molecule has 0 aromatic heterocycles. The zero-order valence-electron chi connectivity index (χ0n) is 13.3. The lowest BCUT2D eigenvalue weighted by Crippen LogP contribution is -2.32. The molecule has 0 fully saturated rings. The van der Waals surface area contributed by atoms with E-state index < -0.39 is 0 Å². The van der Waals surface area contributed by atoms with E-state index in [-0.39, 0.29) is 0 Å². The van der Waals surface area contributed by atoms with Crippen molar-refractivity contribution in [3.8, 4) is 0 Å². The minimum absolute atomic E-state index is 0.434. The number of hydrazine groups is 2. The molecule has 0 unspecified atom stereocenters. The van der Waals surface area contributed by atoms with E-state index in [4.69, 9.17) is 9.47 Å². The van der Waals surface area contributed by atoms with Gasteiger partial charge >= 0.3 is 0 Å². The van der Waals surface area contributed by atoms with Gasteiger partial charge in [-0.15, -0.1) is 0 Å². The molecule has 0 heterocycles. The lowest BCUT2D eigenvalue weighted by atomic mass is 10.1. The van der Waals surface area contributed by atoms with Gasteiger partial charge in [-0.1, -0.05) is 38.1 Å². The molecular formula is C16H26N4O2. The van der Waals surface area contributed by atoms with Crippen LogP contribution < -0.4 is 21.7 Å². The molecule has 0 aliphatic heterocycles. The summed E-state index contributed by atoms with van der Waals surface area (Å²) in [6, 6.07) is 8.09. The zero-order chi connectivity index (χ0) is 15.9. The van der Waals surface area contributed by atoms with Crippen molar-refractivity contribution in [2.45, 2.75) is 13.8 Å². The van der Waals surface area contributed by atoms with E-state index in [1.54, 1.807) is 12.5 Å². The largest absolute Gasteiger partial charge is 0.485 e. The fourth-order valence-electron chi connectivity index (χ4n) is 1.50. The van der Waals surface area contributed by atoms with Crippen molar-refractivity contribution in [1.82, 2.24) is 21.7 Å². The fourth-order valence-corrected chi connectivity index (χ4v) is 1.50. The third-order valence-electron chi connectivity index (χ3n) is 2.56. The van der Waals surface area contributed by atoms with Gasteiger partial charge in [0.2, 0.25) is 0 Å². The van der Waals surface area contributed by atoms with Crippen molar-refractivity contribution in [2.75, 3.05) is 26.6 Å². The monoisotopic (exact) mass is 306 g/mol. The predicted octanol–water partition coefficient (Wildman–Crippen LogP) is 1.80. The van der Waals surface area contributed by atoms with Crippen LogP contribution in [-0.4, -0.2) is 26.6 Å². The van der Waals surface area contributed by atoms with E-state index in [1.165, 1.54) is 0 Å². The van der Waals surface area contributed by atoms with Crippen molar-refractivity contribution in [3.05, 3.63) is 47.9 Å². The van der Waals surface area contributed by atoms with Gasteiger partial charge in [-0.05, 0) is 23.3 Å². The highest BCUT2D eigenvalue weighted by Crippen LogP contribution is 2.07. The van der Waals surface area contributed by atoms with E-state index >= 15 is 0 Å². The number of rotatable bonds is 12. The van der Waals surface area contributed by atoms with Gasteiger partial charge in [0, 0.05) is 13.1 Å². The first-order valence-electron chi connectivity index (χ1n) is 7.44. The highest BCUT2D eigenvalue weighted by Gasteiger charge is 1.89. The minimum Gasteiger partial charge on any atom is -0.485 e. The number of benzene rings is 1. The molecule has 0 bridgehead atoms. The highest BCUT2D eigenvalue weighted by atomic mass is 16.5. The first-order chi connectivity index (χ1) is 10.9. The van der Waals surface area contributed by atoms with Crippen molar-refractivity contribution in [1.29, 1.82) is 0 Å². The lowest BCUT2D eigenvalue weighted by molar-refractivity contribution is 0.207. The second-order valence-corrected chi connectivity index (χ2v) is 4.31. The Kier molecular flexibility index (Phi) is 10.6. The van der Waals surface area contributed by atoms with E-state index in [0.29, 0.717) is 13.5 Å². The molecule has 6 heteroatoms. The maximum Gasteiger partial charge on any atom is 0.150 e. The number of hydrogen-bond acceptors (Lipinski definition) is 6. The number of ether oxygens (including phenoxy) is 2. The molecule has 0 saturated carbocycles. The average molecular weight is 306 g/mol.